The SMILES string of the molecule is CC(Sc1nnc(-c2ccco2)n1-c1ccccc1)C(=O)NC(=O)NC1CC1. The van der Waals surface area contributed by atoms with Gasteiger partial charge < -0.3 is 9.73 Å². The van der Waals surface area contributed by atoms with Crippen LogP contribution in [0.25, 0.3) is 17.3 Å². The molecular formula is C19H19N5O3S. The lowest BCUT2D eigenvalue weighted by Crippen LogP contribution is -2.43. The number of hydrogen-bond acceptors (Lipinski definition) is 6. The fourth-order valence-electron chi connectivity index (χ4n) is 2.60. The van der Waals surface area contributed by atoms with Crippen LogP contribution in [0.5, 0.6) is 0 Å². The number of thioether (sulfide) groups is 1. The van der Waals surface area contributed by atoms with E-state index in [9.17, 15) is 9.59 Å². The molecule has 0 spiro atoms. The number of nitrogens with one attached hydrogen (secondary N) is 2. The van der Waals surface area contributed by atoms with Crippen LogP contribution in [-0.2, 0) is 4.79 Å². The average molecular weight is 397 g/mol. The molecule has 1 atom stereocenters. The first-order chi connectivity index (χ1) is 13.6. The van der Waals surface area contributed by atoms with Crippen molar-refractivity contribution in [1.29, 1.82) is 0 Å². The first-order valence-corrected chi connectivity index (χ1v) is 9.82. The normalized spacial score (nSPS) is 14.5. The highest BCUT2D eigenvalue weighted by Gasteiger charge is 2.26. The van der Waals surface area contributed by atoms with Crippen molar-refractivity contribution in [2.45, 2.75) is 36.2 Å². The maximum atomic E-state index is 12.4. The number of rotatable bonds is 6. The van der Waals surface area contributed by atoms with Gasteiger partial charge in [0.05, 0.1) is 11.5 Å². The number of benzene rings is 1. The number of furan rings is 1. The van der Waals surface area contributed by atoms with Crippen molar-refractivity contribution in [3.05, 3.63) is 48.7 Å². The van der Waals surface area contributed by atoms with Crippen molar-refractivity contribution in [2.75, 3.05) is 0 Å². The molecule has 28 heavy (non-hydrogen) atoms. The van der Waals surface area contributed by atoms with Crippen LogP contribution >= 0.6 is 11.8 Å². The van der Waals surface area contributed by atoms with Crippen molar-refractivity contribution >= 4 is 23.7 Å². The number of imide groups is 1. The van der Waals surface area contributed by atoms with E-state index in [1.165, 1.54) is 11.8 Å². The van der Waals surface area contributed by atoms with Gasteiger partial charge in [-0.25, -0.2) is 4.79 Å². The quantitative estimate of drug-likeness (QED) is 0.620. The Kier molecular flexibility index (Phi) is 5.16. The summed E-state index contributed by atoms with van der Waals surface area (Å²) in [6.45, 7) is 1.72. The number of nitrogens with zero attached hydrogens (tertiary/aromatic N) is 3. The zero-order chi connectivity index (χ0) is 19.5. The number of amides is 3. The smallest absolute Gasteiger partial charge is 0.321 e. The Labute approximate surface area is 165 Å². The number of hydrogen-bond donors (Lipinski definition) is 2. The molecular weight excluding hydrogens is 378 g/mol. The highest BCUT2D eigenvalue weighted by Crippen LogP contribution is 2.30. The van der Waals surface area contributed by atoms with Crippen LogP contribution in [0.3, 0.4) is 0 Å². The largest absolute Gasteiger partial charge is 0.461 e. The Hall–Kier alpha value is -3.07. The number of carbonyl (C=O) groups is 2. The van der Waals surface area contributed by atoms with Crippen LogP contribution in [-0.4, -0.2) is 38.0 Å². The van der Waals surface area contributed by atoms with Crippen LogP contribution < -0.4 is 10.6 Å². The van der Waals surface area contributed by atoms with E-state index in [2.05, 4.69) is 20.8 Å². The molecule has 1 unspecified atom stereocenters. The first-order valence-electron chi connectivity index (χ1n) is 8.94. The van der Waals surface area contributed by atoms with E-state index in [0.717, 1.165) is 18.5 Å². The predicted octanol–water partition coefficient (Wildman–Crippen LogP) is 3.00. The highest BCUT2D eigenvalue weighted by molar-refractivity contribution is 8.00. The predicted molar refractivity (Wildman–Crippen MR) is 104 cm³/mol. The minimum absolute atomic E-state index is 0.188. The molecule has 0 radical (unpaired) electrons. The molecule has 1 fully saturated rings. The number of urea groups is 1. The van der Waals surface area contributed by atoms with Crippen LogP contribution in [0.4, 0.5) is 4.79 Å². The van der Waals surface area contributed by atoms with E-state index < -0.39 is 11.3 Å². The number of carbonyl (C=O) groups excluding carboxylic acids is 2. The van der Waals surface area contributed by atoms with Gasteiger partial charge in [0.15, 0.2) is 10.9 Å². The summed E-state index contributed by atoms with van der Waals surface area (Å²) in [5.41, 5.74) is 0.848. The van der Waals surface area contributed by atoms with Gasteiger partial charge in [-0.3, -0.25) is 14.7 Å². The van der Waals surface area contributed by atoms with E-state index in [1.807, 2.05) is 34.9 Å². The molecule has 2 heterocycles. The summed E-state index contributed by atoms with van der Waals surface area (Å²) in [7, 11) is 0. The number of para-hydroxylation sites is 1. The molecule has 3 aromatic rings. The third kappa shape index (κ3) is 4.09. The van der Waals surface area contributed by atoms with E-state index >= 15 is 0 Å². The van der Waals surface area contributed by atoms with Crippen LogP contribution in [0.1, 0.15) is 19.8 Å². The van der Waals surface area contributed by atoms with Gasteiger partial charge in [-0.15, -0.1) is 10.2 Å². The third-order valence-electron chi connectivity index (χ3n) is 4.19. The molecule has 9 heteroatoms. The lowest BCUT2D eigenvalue weighted by atomic mass is 10.3. The van der Waals surface area contributed by atoms with Crippen molar-refractivity contribution in [3.8, 4) is 17.3 Å². The molecule has 2 aromatic heterocycles. The molecule has 0 bridgehead atoms. The maximum Gasteiger partial charge on any atom is 0.321 e. The van der Waals surface area contributed by atoms with E-state index in [1.54, 1.807) is 25.3 Å². The maximum absolute atomic E-state index is 12.4. The Bertz CT molecular complexity index is 967. The Morgan fingerprint density at radius 1 is 1.18 bits per heavy atom. The van der Waals surface area contributed by atoms with Gasteiger partial charge in [0.2, 0.25) is 11.7 Å². The molecule has 2 N–H and O–H groups in total. The summed E-state index contributed by atoms with van der Waals surface area (Å²) < 4.78 is 7.31. The summed E-state index contributed by atoms with van der Waals surface area (Å²) in [6, 6.07) is 12.9. The minimum atomic E-state index is -0.541. The third-order valence-corrected chi connectivity index (χ3v) is 5.23. The second-order valence-corrected chi connectivity index (χ2v) is 7.76. The van der Waals surface area contributed by atoms with Crippen LogP contribution in [0.2, 0.25) is 0 Å². The standard InChI is InChI=1S/C19H19N5O3S/c1-12(17(25)21-18(26)20-13-9-10-13)28-19-23-22-16(15-8-5-11-27-15)24(19)14-6-3-2-4-7-14/h2-8,11-13H,9-10H2,1H3,(H2,20,21,25,26). The zero-order valence-corrected chi connectivity index (χ0v) is 16.0. The Morgan fingerprint density at radius 3 is 2.64 bits per heavy atom. The van der Waals surface area contributed by atoms with Gasteiger partial charge in [-0.05, 0) is 44.0 Å². The summed E-state index contributed by atoms with van der Waals surface area (Å²) in [4.78, 5) is 24.2. The molecule has 4 rings (SSSR count). The number of aromatic nitrogens is 3. The van der Waals surface area contributed by atoms with Gasteiger partial charge in [0.25, 0.3) is 0 Å². The fraction of sp³-hybridized carbons (Fsp3) is 0.263. The van der Waals surface area contributed by atoms with Crippen LogP contribution in [0.15, 0.2) is 58.3 Å². The lowest BCUT2D eigenvalue weighted by molar-refractivity contribution is -0.119. The van der Waals surface area contributed by atoms with E-state index in [-0.39, 0.29) is 11.9 Å². The van der Waals surface area contributed by atoms with Gasteiger partial charge in [-0.2, -0.15) is 0 Å². The topological polar surface area (TPSA) is 102 Å². The second-order valence-electron chi connectivity index (χ2n) is 6.45. The molecule has 3 amide bonds. The molecule has 0 saturated heterocycles. The summed E-state index contributed by atoms with van der Waals surface area (Å²) in [5.74, 6) is 0.729. The Morgan fingerprint density at radius 2 is 1.96 bits per heavy atom. The van der Waals surface area contributed by atoms with E-state index in [0.29, 0.717) is 16.7 Å². The van der Waals surface area contributed by atoms with Crippen molar-refractivity contribution in [3.63, 3.8) is 0 Å². The molecule has 1 aliphatic rings. The van der Waals surface area contributed by atoms with Gasteiger partial charge in [0.1, 0.15) is 0 Å². The van der Waals surface area contributed by atoms with Gasteiger partial charge >= 0.3 is 6.03 Å². The lowest BCUT2D eigenvalue weighted by Gasteiger charge is -2.13. The van der Waals surface area contributed by atoms with Gasteiger partial charge in [-0.1, -0.05) is 30.0 Å². The molecule has 1 aliphatic carbocycles. The fourth-order valence-corrected chi connectivity index (χ4v) is 3.46. The Balaban J connectivity index is 1.55. The first kappa shape index (κ1) is 18.3. The average Bonchev–Trinajstić information content (AvgIpc) is 3.18. The molecule has 8 nitrogen and oxygen atoms in total. The highest BCUT2D eigenvalue weighted by atomic mass is 32.2. The molecule has 0 aliphatic heterocycles. The van der Waals surface area contributed by atoms with Crippen molar-refractivity contribution < 1.29 is 14.0 Å². The van der Waals surface area contributed by atoms with Crippen molar-refractivity contribution in [1.82, 2.24) is 25.4 Å². The molecule has 144 valence electrons. The van der Waals surface area contributed by atoms with Gasteiger partial charge in [0, 0.05) is 11.7 Å². The van der Waals surface area contributed by atoms with Crippen LogP contribution in [0, 0.1) is 0 Å². The molecule has 1 saturated carbocycles. The monoisotopic (exact) mass is 397 g/mol. The van der Waals surface area contributed by atoms with Crippen molar-refractivity contribution in [2.24, 2.45) is 0 Å². The second kappa shape index (κ2) is 7.89. The van der Waals surface area contributed by atoms with E-state index in [4.69, 9.17) is 4.42 Å². The zero-order valence-electron chi connectivity index (χ0n) is 15.2. The summed E-state index contributed by atoms with van der Waals surface area (Å²) >= 11 is 1.22. The minimum Gasteiger partial charge on any atom is -0.461 e. The summed E-state index contributed by atoms with van der Waals surface area (Å²) in [6.07, 6.45) is 3.49. The molecule has 1 aromatic carbocycles. The summed E-state index contributed by atoms with van der Waals surface area (Å²) in [5, 5.41) is 13.6.